The van der Waals surface area contributed by atoms with E-state index in [1.54, 1.807) is 0 Å². The maximum absolute atomic E-state index is 12.7. The molecule has 2 unspecified atom stereocenters. The highest BCUT2D eigenvalue weighted by molar-refractivity contribution is 5.70. The van der Waals surface area contributed by atoms with Crippen LogP contribution in [0.4, 0.5) is 0 Å². The van der Waals surface area contributed by atoms with Crippen LogP contribution in [-0.2, 0) is 33.3 Å². The molecule has 0 aromatic carbocycles. The number of ether oxygens (including phenoxy) is 4. The highest BCUT2D eigenvalue weighted by Gasteiger charge is 2.21. The number of likely N-dealkylation sites (N-methyl/N-ethyl adjacent to an activating group) is 1. The van der Waals surface area contributed by atoms with Crippen LogP contribution in [0.2, 0.25) is 0 Å². The summed E-state index contributed by atoms with van der Waals surface area (Å²) in [4.78, 5) is 36.9. The smallest absolute Gasteiger partial charge is 0.306 e. The fourth-order valence-electron chi connectivity index (χ4n) is 6.59. The third kappa shape index (κ3) is 40.2. The van der Waals surface area contributed by atoms with Gasteiger partial charge in [-0.05, 0) is 38.5 Å². The van der Waals surface area contributed by atoms with Crippen LogP contribution in [0.25, 0.3) is 0 Å². The minimum atomic E-state index is -1.62. The van der Waals surface area contributed by atoms with Crippen molar-refractivity contribution in [2.24, 2.45) is 0 Å². The molecule has 0 N–H and O–H groups in total. The average Bonchev–Trinajstić information content (AvgIpc) is 3.15. The standard InChI is InChI=1S/C47H89NO8/c1-6-8-10-12-14-16-18-20-21-22-23-24-25-26-28-29-31-33-35-37-44(49)54-41-43(42-55-47(46(51)52)53-40-39-48(3,4)5)56-45(50)38-36-34-32-30-27-19-17-15-13-11-9-7-2/h15,17,43,47H,6-14,16,18-42H2,1-5H3/b17-15-. The van der Waals surface area contributed by atoms with E-state index in [1.165, 1.54) is 122 Å². The molecule has 0 saturated heterocycles. The van der Waals surface area contributed by atoms with E-state index in [4.69, 9.17) is 18.9 Å². The lowest BCUT2D eigenvalue weighted by atomic mass is 10.0. The summed E-state index contributed by atoms with van der Waals surface area (Å²) in [7, 11) is 5.91. The fourth-order valence-corrected chi connectivity index (χ4v) is 6.59. The van der Waals surface area contributed by atoms with Crippen molar-refractivity contribution in [2.75, 3.05) is 47.5 Å². The molecule has 9 nitrogen and oxygen atoms in total. The first-order valence-corrected chi connectivity index (χ1v) is 23.3. The van der Waals surface area contributed by atoms with Crippen LogP contribution in [0.5, 0.6) is 0 Å². The van der Waals surface area contributed by atoms with Crippen LogP contribution in [-0.4, -0.2) is 82.3 Å². The van der Waals surface area contributed by atoms with E-state index in [1.807, 2.05) is 21.1 Å². The number of allylic oxidation sites excluding steroid dienone is 2. The van der Waals surface area contributed by atoms with E-state index in [0.29, 0.717) is 23.9 Å². The van der Waals surface area contributed by atoms with E-state index >= 15 is 0 Å². The molecule has 0 fully saturated rings. The zero-order chi connectivity index (χ0) is 41.4. The van der Waals surface area contributed by atoms with Gasteiger partial charge < -0.3 is 33.3 Å². The Hall–Kier alpha value is -1.97. The Bertz CT molecular complexity index is 934. The van der Waals surface area contributed by atoms with Crippen LogP contribution >= 0.6 is 0 Å². The molecule has 330 valence electrons. The summed E-state index contributed by atoms with van der Waals surface area (Å²) in [5.41, 5.74) is 0. The predicted molar refractivity (Wildman–Crippen MR) is 228 cm³/mol. The molecule has 0 saturated carbocycles. The van der Waals surface area contributed by atoms with E-state index in [0.717, 1.165) is 57.8 Å². The lowest BCUT2D eigenvalue weighted by Gasteiger charge is -2.26. The molecule has 0 amide bonds. The van der Waals surface area contributed by atoms with Gasteiger partial charge in [0.05, 0.1) is 40.3 Å². The maximum atomic E-state index is 12.7. The molecule has 0 rings (SSSR count). The number of nitrogens with zero attached hydrogens (tertiary/aromatic N) is 1. The van der Waals surface area contributed by atoms with Crippen molar-refractivity contribution in [3.05, 3.63) is 12.2 Å². The van der Waals surface area contributed by atoms with Gasteiger partial charge in [-0.3, -0.25) is 9.59 Å². The molecule has 0 heterocycles. The number of esters is 2. The van der Waals surface area contributed by atoms with Crippen molar-refractivity contribution < 1.29 is 42.9 Å². The number of aliphatic carboxylic acids is 1. The number of rotatable bonds is 43. The third-order valence-electron chi connectivity index (χ3n) is 10.3. The van der Waals surface area contributed by atoms with Crippen molar-refractivity contribution in [2.45, 2.75) is 225 Å². The van der Waals surface area contributed by atoms with Gasteiger partial charge in [0.1, 0.15) is 13.2 Å². The second-order valence-corrected chi connectivity index (χ2v) is 17.1. The summed E-state index contributed by atoms with van der Waals surface area (Å²) in [5, 5.41) is 11.7. The first kappa shape index (κ1) is 54.0. The van der Waals surface area contributed by atoms with Crippen molar-refractivity contribution >= 4 is 17.9 Å². The van der Waals surface area contributed by atoms with Gasteiger partial charge in [0.15, 0.2) is 12.4 Å². The molecular formula is C47H89NO8. The zero-order valence-corrected chi connectivity index (χ0v) is 37.3. The Kier molecular flexibility index (Phi) is 38.4. The molecular weight excluding hydrogens is 707 g/mol. The summed E-state index contributed by atoms with van der Waals surface area (Å²) in [6, 6.07) is 0. The lowest BCUT2D eigenvalue weighted by molar-refractivity contribution is -0.870. The van der Waals surface area contributed by atoms with Crippen LogP contribution in [0.15, 0.2) is 12.2 Å². The molecule has 0 aliphatic heterocycles. The van der Waals surface area contributed by atoms with Gasteiger partial charge in [0.2, 0.25) is 0 Å². The van der Waals surface area contributed by atoms with Crippen molar-refractivity contribution in [3.8, 4) is 0 Å². The number of carbonyl (C=O) groups excluding carboxylic acids is 3. The van der Waals surface area contributed by atoms with Crippen LogP contribution < -0.4 is 5.11 Å². The van der Waals surface area contributed by atoms with E-state index in [2.05, 4.69) is 26.0 Å². The highest BCUT2D eigenvalue weighted by atomic mass is 16.7. The van der Waals surface area contributed by atoms with E-state index in [9.17, 15) is 19.5 Å². The van der Waals surface area contributed by atoms with Gasteiger partial charge in [0.25, 0.3) is 0 Å². The Morgan fingerprint density at radius 3 is 1.36 bits per heavy atom. The van der Waals surface area contributed by atoms with E-state index < -0.39 is 24.3 Å². The lowest BCUT2D eigenvalue weighted by Crippen LogP contribution is -2.44. The average molecular weight is 796 g/mol. The number of unbranched alkanes of at least 4 members (excludes halogenated alkanes) is 26. The summed E-state index contributed by atoms with van der Waals surface area (Å²) >= 11 is 0. The summed E-state index contributed by atoms with van der Waals surface area (Å²) in [6.07, 6.45) is 38.1. The number of carbonyl (C=O) groups is 3. The van der Waals surface area contributed by atoms with E-state index in [-0.39, 0.29) is 32.2 Å². The van der Waals surface area contributed by atoms with Gasteiger partial charge >= 0.3 is 11.9 Å². The minimum Gasteiger partial charge on any atom is -0.545 e. The van der Waals surface area contributed by atoms with Gasteiger partial charge in [-0.2, -0.15) is 0 Å². The Labute approximate surface area is 345 Å². The summed E-state index contributed by atoms with van der Waals surface area (Å²) in [6.45, 7) is 4.73. The molecule has 0 aromatic rings. The van der Waals surface area contributed by atoms with Crippen LogP contribution in [0.1, 0.15) is 213 Å². The van der Waals surface area contributed by atoms with Gasteiger partial charge in [-0.25, -0.2) is 0 Å². The maximum Gasteiger partial charge on any atom is 0.306 e. The monoisotopic (exact) mass is 796 g/mol. The summed E-state index contributed by atoms with van der Waals surface area (Å²) < 4.78 is 22.5. The van der Waals surface area contributed by atoms with Crippen molar-refractivity contribution in [1.29, 1.82) is 0 Å². The molecule has 0 radical (unpaired) electrons. The molecule has 0 spiro atoms. The van der Waals surface area contributed by atoms with Gasteiger partial charge in [-0.15, -0.1) is 0 Å². The summed E-state index contributed by atoms with van der Waals surface area (Å²) in [5.74, 6) is -2.28. The van der Waals surface area contributed by atoms with Crippen molar-refractivity contribution in [3.63, 3.8) is 0 Å². The van der Waals surface area contributed by atoms with Crippen LogP contribution in [0, 0.1) is 0 Å². The largest absolute Gasteiger partial charge is 0.545 e. The number of hydrogen-bond donors (Lipinski definition) is 0. The van der Waals surface area contributed by atoms with Gasteiger partial charge in [0, 0.05) is 12.8 Å². The van der Waals surface area contributed by atoms with Gasteiger partial charge in [-0.1, -0.05) is 174 Å². The minimum absolute atomic E-state index is 0.149. The number of carboxylic acids is 1. The molecule has 0 bridgehead atoms. The topological polar surface area (TPSA) is 111 Å². The number of hydrogen-bond acceptors (Lipinski definition) is 8. The van der Waals surface area contributed by atoms with Crippen LogP contribution in [0.3, 0.4) is 0 Å². The Morgan fingerprint density at radius 2 is 0.911 bits per heavy atom. The molecule has 0 aromatic heterocycles. The first-order chi connectivity index (χ1) is 27.1. The second-order valence-electron chi connectivity index (χ2n) is 17.1. The predicted octanol–water partition coefficient (Wildman–Crippen LogP) is 10.9. The molecule has 0 aliphatic carbocycles. The first-order valence-electron chi connectivity index (χ1n) is 23.3. The second kappa shape index (κ2) is 39.8. The quantitative estimate of drug-likeness (QED) is 0.0197. The SMILES string of the molecule is CCCCC/C=C\CCCCCCCC(=O)OC(COC(=O)CCCCCCCCCCCCCCCCCCCCC)COC(OCC[N+](C)(C)C)C(=O)[O-]. The van der Waals surface area contributed by atoms with Crippen molar-refractivity contribution in [1.82, 2.24) is 0 Å². The Morgan fingerprint density at radius 1 is 0.518 bits per heavy atom. The Balaban J connectivity index is 4.33. The zero-order valence-electron chi connectivity index (χ0n) is 37.3. The third-order valence-corrected chi connectivity index (χ3v) is 10.3. The molecule has 2 atom stereocenters. The normalized spacial score (nSPS) is 12.9. The molecule has 9 heteroatoms. The molecule has 56 heavy (non-hydrogen) atoms. The number of quaternary nitrogens is 1. The molecule has 0 aliphatic rings. The fraction of sp³-hybridized carbons (Fsp3) is 0.894. The highest BCUT2D eigenvalue weighted by Crippen LogP contribution is 2.16. The number of carboxylic acid groups (broad SMARTS) is 1.